The highest BCUT2D eigenvalue weighted by Crippen LogP contribution is 2.43. The summed E-state index contributed by atoms with van der Waals surface area (Å²) in [6.45, 7) is 9.56. The zero-order valence-electron chi connectivity index (χ0n) is 29.0. The molecule has 0 radical (unpaired) electrons. The number of fused-ring (bicyclic) bond motifs is 1. The molecule has 1 heterocycles. The van der Waals surface area contributed by atoms with Gasteiger partial charge >= 0.3 is 6.03 Å². The van der Waals surface area contributed by atoms with Crippen LogP contribution in [-0.4, -0.2) is 53.2 Å². The summed E-state index contributed by atoms with van der Waals surface area (Å²) in [7, 11) is -3.51. The maximum Gasteiger partial charge on any atom is 0.323 e. The number of hydrogen-bond donors (Lipinski definition) is 2. The van der Waals surface area contributed by atoms with Crippen LogP contribution in [0.15, 0.2) is 89.4 Å². The van der Waals surface area contributed by atoms with Crippen molar-refractivity contribution in [1.29, 1.82) is 0 Å². The number of carbonyl (C=O) groups is 1. The fraction of sp³-hybridized carbons (Fsp3) is 0.270. The Morgan fingerprint density at radius 2 is 1.63 bits per heavy atom. The third kappa shape index (κ3) is 9.04. The van der Waals surface area contributed by atoms with Crippen LogP contribution in [0, 0.1) is 0 Å². The van der Waals surface area contributed by atoms with Gasteiger partial charge in [0.25, 0.3) is 0 Å². The summed E-state index contributed by atoms with van der Waals surface area (Å²) in [5, 5.41) is 8.00. The highest BCUT2D eigenvalue weighted by atomic mass is 32.2. The van der Waals surface area contributed by atoms with Crippen molar-refractivity contribution in [2.75, 3.05) is 43.6 Å². The van der Waals surface area contributed by atoms with Gasteiger partial charge in [-0.05, 0) is 66.3 Å². The molecule has 0 unspecified atom stereocenters. The number of nitrogens with one attached hydrogen (secondary N) is 2. The van der Waals surface area contributed by atoms with E-state index in [0.717, 1.165) is 21.9 Å². The smallest absolute Gasteiger partial charge is 0.323 e. The predicted molar refractivity (Wildman–Crippen MR) is 201 cm³/mol. The molecular formula is C37H42N5O5PS. The molecule has 0 aliphatic rings. The van der Waals surface area contributed by atoms with E-state index >= 15 is 0 Å². The number of ether oxygens (including phenoxy) is 2. The van der Waals surface area contributed by atoms with Gasteiger partial charge in [0.05, 0.1) is 29.5 Å². The van der Waals surface area contributed by atoms with E-state index in [4.69, 9.17) is 9.47 Å². The molecule has 4 aromatic carbocycles. The van der Waals surface area contributed by atoms with E-state index in [0.29, 0.717) is 52.0 Å². The monoisotopic (exact) mass is 699 g/mol. The van der Waals surface area contributed by atoms with E-state index < -0.39 is 22.9 Å². The molecule has 0 fully saturated rings. The molecule has 0 saturated heterocycles. The van der Waals surface area contributed by atoms with Crippen molar-refractivity contribution in [3.8, 4) is 17.4 Å². The molecule has 0 aliphatic carbocycles. The molecule has 5 rings (SSSR count). The van der Waals surface area contributed by atoms with Crippen molar-refractivity contribution in [3.63, 3.8) is 0 Å². The quantitative estimate of drug-likeness (QED) is 0.147. The SMILES string of the molecule is COc1c(NC(=O)Nc2ccc(Oc3ccnc(Cc4cccc(N=S(C)(C)=O)c4)n3)c3ccccc23)cc(C(C)(C)C)cc1P(C)(C)=O. The fourth-order valence-corrected chi connectivity index (χ4v) is 7.07. The first-order valence-electron chi connectivity index (χ1n) is 15.6. The number of anilines is 2. The number of amides is 2. The Bertz CT molecular complexity index is 2210. The lowest BCUT2D eigenvalue weighted by Crippen LogP contribution is -2.23. The molecule has 49 heavy (non-hydrogen) atoms. The van der Waals surface area contributed by atoms with Crippen LogP contribution < -0.4 is 25.4 Å². The Labute approximate surface area is 288 Å². The molecule has 2 N–H and O–H groups in total. The van der Waals surface area contributed by atoms with Gasteiger partial charge in [-0.2, -0.15) is 9.35 Å². The summed E-state index contributed by atoms with van der Waals surface area (Å²) in [5.41, 5.74) is 3.25. The molecule has 1 aromatic heterocycles. The Hall–Kier alpha value is -4.73. The van der Waals surface area contributed by atoms with E-state index in [2.05, 4.69) is 45.7 Å². The largest absolute Gasteiger partial charge is 0.494 e. The second-order valence-electron chi connectivity index (χ2n) is 13.4. The molecular weight excluding hydrogens is 657 g/mol. The number of hydrogen-bond acceptors (Lipinski definition) is 8. The Balaban J connectivity index is 1.39. The van der Waals surface area contributed by atoms with Gasteiger partial charge in [0.15, 0.2) is 5.75 Å². The number of urea groups is 1. The lowest BCUT2D eigenvalue weighted by Gasteiger charge is -2.25. The van der Waals surface area contributed by atoms with Crippen LogP contribution in [-0.2, 0) is 26.1 Å². The molecule has 5 aromatic rings. The van der Waals surface area contributed by atoms with Crippen molar-refractivity contribution in [1.82, 2.24) is 9.97 Å². The van der Waals surface area contributed by atoms with E-state index in [1.807, 2.05) is 60.7 Å². The first-order valence-corrected chi connectivity index (χ1v) is 20.6. The number of rotatable bonds is 9. The topological polar surface area (TPSA) is 132 Å². The third-order valence-corrected chi connectivity index (χ3v) is 9.74. The number of aromatic nitrogens is 2. The molecule has 0 spiro atoms. The average molecular weight is 700 g/mol. The summed E-state index contributed by atoms with van der Waals surface area (Å²) < 4.78 is 41.6. The van der Waals surface area contributed by atoms with Crippen molar-refractivity contribution < 1.29 is 23.0 Å². The van der Waals surface area contributed by atoms with E-state index in [1.54, 1.807) is 50.2 Å². The fourth-order valence-electron chi connectivity index (χ4n) is 5.29. The first-order chi connectivity index (χ1) is 23.0. The van der Waals surface area contributed by atoms with Crippen molar-refractivity contribution in [3.05, 3.63) is 102 Å². The van der Waals surface area contributed by atoms with Gasteiger partial charge in [0.1, 0.15) is 18.7 Å². The maximum atomic E-state index is 13.5. The highest BCUT2D eigenvalue weighted by molar-refractivity contribution is 7.92. The van der Waals surface area contributed by atoms with Gasteiger partial charge in [0.2, 0.25) is 5.88 Å². The van der Waals surface area contributed by atoms with Gasteiger partial charge in [-0.1, -0.05) is 57.2 Å². The van der Waals surface area contributed by atoms with Crippen molar-refractivity contribution in [2.45, 2.75) is 32.6 Å². The van der Waals surface area contributed by atoms with E-state index in [9.17, 15) is 13.6 Å². The second-order valence-corrected chi connectivity index (χ2v) is 19.2. The third-order valence-electron chi connectivity index (χ3n) is 7.59. The molecule has 0 atom stereocenters. The highest BCUT2D eigenvalue weighted by Gasteiger charge is 2.26. The van der Waals surface area contributed by atoms with Gasteiger partial charge in [0, 0.05) is 51.7 Å². The van der Waals surface area contributed by atoms with Crippen LogP contribution in [0.2, 0.25) is 0 Å². The summed E-state index contributed by atoms with van der Waals surface area (Å²) >= 11 is 0. The standard InChI is InChI=1S/C37H42N5O5PS/c1-37(2,3)25-22-30(35(46-4)32(23-25)48(5,6)44)40-36(43)39-29-16-17-31(28-15-10-9-14-27(28)29)47-34-18-19-38-33(41-34)21-24-12-11-13-26(20-24)42-49(7,8)45/h9-20,22-23H,21H2,1-8H3,(H2,39,40,43). The molecule has 2 amide bonds. The van der Waals surface area contributed by atoms with Gasteiger partial charge in [-0.25, -0.2) is 14.0 Å². The minimum absolute atomic E-state index is 0.253. The van der Waals surface area contributed by atoms with Crippen LogP contribution in [0.4, 0.5) is 21.9 Å². The van der Waals surface area contributed by atoms with Crippen LogP contribution in [0.1, 0.15) is 37.7 Å². The number of nitrogens with zero attached hydrogens (tertiary/aromatic N) is 3. The minimum atomic E-state index is -2.74. The Morgan fingerprint density at radius 1 is 0.918 bits per heavy atom. The number of methoxy groups -OCH3 is 1. The first kappa shape index (κ1) is 35.6. The summed E-state index contributed by atoms with van der Waals surface area (Å²) in [4.78, 5) is 22.5. The lowest BCUT2D eigenvalue weighted by atomic mass is 9.86. The zero-order valence-corrected chi connectivity index (χ0v) is 30.7. The summed E-state index contributed by atoms with van der Waals surface area (Å²) in [6, 6.07) is 23.6. The average Bonchev–Trinajstić information content (AvgIpc) is 3.00. The van der Waals surface area contributed by atoms with Crippen LogP contribution >= 0.6 is 7.14 Å². The lowest BCUT2D eigenvalue weighted by molar-refractivity contribution is 0.262. The molecule has 0 bridgehead atoms. The van der Waals surface area contributed by atoms with Gasteiger partial charge < -0.3 is 24.7 Å². The predicted octanol–water partition coefficient (Wildman–Crippen LogP) is 8.57. The summed E-state index contributed by atoms with van der Waals surface area (Å²) in [5.74, 6) is 1.85. The second kappa shape index (κ2) is 14.0. The number of carbonyl (C=O) groups excluding carboxylic acids is 1. The zero-order chi connectivity index (χ0) is 35.6. The van der Waals surface area contributed by atoms with Gasteiger partial charge in [-0.15, -0.1) is 0 Å². The summed E-state index contributed by atoms with van der Waals surface area (Å²) in [6.07, 6.45) is 5.28. The van der Waals surface area contributed by atoms with Crippen molar-refractivity contribution >= 4 is 56.0 Å². The molecule has 0 saturated carbocycles. The minimum Gasteiger partial charge on any atom is -0.494 e. The molecule has 12 heteroatoms. The van der Waals surface area contributed by atoms with E-state index in [-0.39, 0.29) is 5.41 Å². The normalized spacial score (nSPS) is 12.0. The van der Waals surface area contributed by atoms with Crippen LogP contribution in [0.25, 0.3) is 10.8 Å². The molecule has 10 nitrogen and oxygen atoms in total. The van der Waals surface area contributed by atoms with Crippen molar-refractivity contribution in [2.24, 2.45) is 4.36 Å². The number of benzene rings is 4. The Kier molecular flexibility index (Phi) is 10.2. The van der Waals surface area contributed by atoms with E-state index in [1.165, 1.54) is 7.11 Å². The van der Waals surface area contributed by atoms with Gasteiger partial charge in [-0.3, -0.25) is 0 Å². The Morgan fingerprint density at radius 3 is 2.31 bits per heavy atom. The molecule has 256 valence electrons. The molecule has 0 aliphatic heterocycles. The van der Waals surface area contributed by atoms with Crippen LogP contribution in [0.3, 0.4) is 0 Å². The maximum absolute atomic E-state index is 13.5. The van der Waals surface area contributed by atoms with Crippen LogP contribution in [0.5, 0.6) is 17.4 Å².